The van der Waals surface area contributed by atoms with Crippen LogP contribution in [0.25, 0.3) is 10.9 Å². The number of pyridine rings is 1. The van der Waals surface area contributed by atoms with Gasteiger partial charge in [0.2, 0.25) is 5.43 Å². The van der Waals surface area contributed by atoms with Crippen LogP contribution < -0.4 is 15.6 Å². The Morgan fingerprint density at radius 2 is 2.03 bits per heavy atom. The highest BCUT2D eigenvalue weighted by molar-refractivity contribution is 5.94. The minimum atomic E-state index is -1.53. The van der Waals surface area contributed by atoms with Crippen LogP contribution in [-0.2, 0) is 4.74 Å². The van der Waals surface area contributed by atoms with E-state index in [1.165, 1.54) is 4.90 Å². The Balaban J connectivity index is 0.00000218. The topological polar surface area (TPSA) is 83.8 Å². The molecule has 1 aromatic carbocycles. The molecule has 3 aliphatic rings. The summed E-state index contributed by atoms with van der Waals surface area (Å²) in [6.07, 6.45) is -0.457. The van der Waals surface area contributed by atoms with E-state index in [1.807, 2.05) is 0 Å². The molecule has 2 aliphatic heterocycles. The third kappa shape index (κ3) is 3.14. The summed E-state index contributed by atoms with van der Waals surface area (Å²) < 4.78 is 51.0. The zero-order valence-electron chi connectivity index (χ0n) is 15.6. The number of aromatic carboxylic acids is 1. The number of carboxylic acid groups (broad SMARTS) is 1. The maximum Gasteiger partial charge on any atom is 0.341 e. The Morgan fingerprint density at radius 1 is 1.30 bits per heavy atom. The van der Waals surface area contributed by atoms with Crippen LogP contribution >= 0.6 is 12.4 Å². The van der Waals surface area contributed by atoms with E-state index in [0.29, 0.717) is 19.7 Å². The lowest BCUT2D eigenvalue weighted by Crippen LogP contribution is -2.47. The van der Waals surface area contributed by atoms with E-state index in [4.69, 9.17) is 4.74 Å². The van der Waals surface area contributed by atoms with Gasteiger partial charge >= 0.3 is 5.97 Å². The number of halogens is 4. The molecule has 11 heteroatoms. The smallest absolute Gasteiger partial charge is 0.341 e. The molecule has 30 heavy (non-hydrogen) atoms. The molecule has 4 atom stereocenters. The van der Waals surface area contributed by atoms with Gasteiger partial charge in [-0.05, 0) is 6.07 Å². The van der Waals surface area contributed by atoms with E-state index >= 15 is 4.39 Å². The summed E-state index contributed by atoms with van der Waals surface area (Å²) in [6, 6.07) is -0.00565. The molecule has 0 unspecified atom stereocenters. The van der Waals surface area contributed by atoms with Crippen LogP contribution in [0.1, 0.15) is 22.8 Å². The number of benzene rings is 1. The minimum Gasteiger partial charge on any atom is -0.477 e. The quantitative estimate of drug-likeness (QED) is 0.750. The summed E-state index contributed by atoms with van der Waals surface area (Å²) in [7, 11) is 0. The fourth-order valence-electron chi connectivity index (χ4n) is 4.35. The van der Waals surface area contributed by atoms with E-state index < -0.39 is 46.2 Å². The van der Waals surface area contributed by atoms with Crippen LogP contribution in [0.15, 0.2) is 17.1 Å². The van der Waals surface area contributed by atoms with Crippen LogP contribution in [0.4, 0.5) is 18.9 Å². The van der Waals surface area contributed by atoms with Crippen molar-refractivity contribution in [2.45, 2.75) is 30.8 Å². The maximum absolute atomic E-state index is 15.6. The van der Waals surface area contributed by atoms with Gasteiger partial charge in [0.15, 0.2) is 5.82 Å². The molecule has 0 amide bonds. The van der Waals surface area contributed by atoms with Crippen LogP contribution in [0.3, 0.4) is 0 Å². The van der Waals surface area contributed by atoms with Gasteiger partial charge in [0.05, 0.1) is 35.7 Å². The fourth-order valence-corrected chi connectivity index (χ4v) is 4.35. The summed E-state index contributed by atoms with van der Waals surface area (Å²) in [5.74, 6) is -3.49. The van der Waals surface area contributed by atoms with Crippen LogP contribution in [0.2, 0.25) is 0 Å². The van der Waals surface area contributed by atoms with E-state index in [-0.39, 0.29) is 48.7 Å². The third-order valence-electron chi connectivity index (χ3n) is 5.88. The molecule has 3 fully saturated rings. The number of rotatable bonds is 3. The average Bonchev–Trinajstić information content (AvgIpc) is 3.24. The SMILES string of the molecule is Cl.O=C(O)c1cn([C@@H]2C[C@@H]2F)c2c(F)c(N3C[C@@H]4NCCO[C@@H]4C3)c(F)cc2c1=O. The van der Waals surface area contributed by atoms with Crippen molar-refractivity contribution in [2.75, 3.05) is 31.1 Å². The number of morpholine rings is 1. The first-order valence-corrected chi connectivity index (χ1v) is 9.41. The van der Waals surface area contributed by atoms with Crippen LogP contribution in [0.5, 0.6) is 0 Å². The van der Waals surface area contributed by atoms with E-state index in [0.717, 1.165) is 16.8 Å². The van der Waals surface area contributed by atoms with Crippen molar-refractivity contribution in [1.82, 2.24) is 9.88 Å². The van der Waals surface area contributed by atoms with Crippen molar-refractivity contribution in [3.63, 3.8) is 0 Å². The first kappa shape index (κ1) is 21.0. The largest absolute Gasteiger partial charge is 0.477 e. The molecule has 1 aromatic heterocycles. The van der Waals surface area contributed by atoms with Gasteiger partial charge in [-0.3, -0.25) is 4.79 Å². The van der Waals surface area contributed by atoms with Crippen molar-refractivity contribution in [3.05, 3.63) is 39.7 Å². The van der Waals surface area contributed by atoms with Crippen molar-refractivity contribution < 1.29 is 27.8 Å². The number of anilines is 1. The van der Waals surface area contributed by atoms with Gasteiger partial charge < -0.3 is 24.6 Å². The second-order valence-electron chi connectivity index (χ2n) is 7.70. The molecular formula is C19H19ClF3N3O4. The molecule has 7 nitrogen and oxygen atoms in total. The van der Waals surface area contributed by atoms with E-state index in [2.05, 4.69) is 5.32 Å². The molecule has 2 saturated heterocycles. The summed E-state index contributed by atoms with van der Waals surface area (Å²) in [6.45, 7) is 1.74. The number of hydrogen-bond donors (Lipinski definition) is 2. The molecule has 2 aromatic rings. The normalized spacial score (nSPS) is 27.6. The molecular weight excluding hydrogens is 427 g/mol. The molecule has 0 bridgehead atoms. The average molecular weight is 446 g/mol. The lowest BCUT2D eigenvalue weighted by molar-refractivity contribution is 0.0212. The zero-order chi connectivity index (χ0) is 20.4. The summed E-state index contributed by atoms with van der Waals surface area (Å²) in [5, 5.41) is 12.1. The molecule has 0 spiro atoms. The highest BCUT2D eigenvalue weighted by Crippen LogP contribution is 2.42. The lowest BCUT2D eigenvalue weighted by Gasteiger charge is -2.25. The van der Waals surface area contributed by atoms with Gasteiger partial charge in [-0.2, -0.15) is 0 Å². The monoisotopic (exact) mass is 445 g/mol. The van der Waals surface area contributed by atoms with Gasteiger partial charge in [-0.25, -0.2) is 18.0 Å². The lowest BCUT2D eigenvalue weighted by atomic mass is 10.1. The first-order chi connectivity index (χ1) is 13.9. The number of aromatic nitrogens is 1. The second kappa shape index (κ2) is 7.44. The van der Waals surface area contributed by atoms with Gasteiger partial charge in [0.25, 0.3) is 0 Å². The molecule has 2 N–H and O–H groups in total. The fraction of sp³-hybridized carbons (Fsp3) is 0.474. The van der Waals surface area contributed by atoms with Crippen molar-refractivity contribution in [2.24, 2.45) is 0 Å². The number of ether oxygens (including phenoxy) is 1. The van der Waals surface area contributed by atoms with Crippen molar-refractivity contribution in [3.8, 4) is 0 Å². The number of carboxylic acids is 1. The minimum absolute atomic E-state index is 0. The second-order valence-corrected chi connectivity index (χ2v) is 7.70. The van der Waals surface area contributed by atoms with Crippen LogP contribution in [0, 0.1) is 11.6 Å². The number of fused-ring (bicyclic) bond motifs is 2. The zero-order valence-corrected chi connectivity index (χ0v) is 16.4. The number of nitrogens with one attached hydrogen (secondary N) is 1. The van der Waals surface area contributed by atoms with Crippen molar-refractivity contribution in [1.29, 1.82) is 0 Å². The molecule has 3 heterocycles. The van der Waals surface area contributed by atoms with E-state index in [9.17, 15) is 23.5 Å². The predicted molar refractivity (Wildman–Crippen MR) is 105 cm³/mol. The Bertz CT molecular complexity index is 1080. The van der Waals surface area contributed by atoms with Gasteiger partial charge in [-0.15, -0.1) is 12.4 Å². The van der Waals surface area contributed by atoms with Crippen molar-refractivity contribution >= 4 is 35.0 Å². The van der Waals surface area contributed by atoms with Gasteiger partial charge in [-0.1, -0.05) is 0 Å². The number of alkyl halides is 1. The Labute approximate surface area is 174 Å². The highest BCUT2D eigenvalue weighted by Gasteiger charge is 2.42. The standard InChI is InChI=1S/C19H18F3N3O4.ClH/c20-10-4-13(10)25-5-9(19(27)28)18(26)8-3-11(21)17(15(22)16(8)25)24-6-12-14(7-24)29-2-1-23-12;/h3,5,10,12-14,23H,1-2,4,6-7H2,(H,27,28);1H/t10-,12-,13+,14+;/m0./s1. The first-order valence-electron chi connectivity index (χ1n) is 9.41. The van der Waals surface area contributed by atoms with Crippen LogP contribution in [-0.4, -0.2) is 60.2 Å². The Hall–Kier alpha value is -2.30. The highest BCUT2D eigenvalue weighted by atomic mass is 35.5. The molecule has 1 saturated carbocycles. The summed E-state index contributed by atoms with van der Waals surface area (Å²) >= 11 is 0. The molecule has 162 valence electrons. The van der Waals surface area contributed by atoms with Gasteiger partial charge in [0.1, 0.15) is 23.2 Å². The van der Waals surface area contributed by atoms with E-state index in [1.54, 1.807) is 0 Å². The Morgan fingerprint density at radius 3 is 2.67 bits per heavy atom. The Kier molecular flexibility index (Phi) is 5.19. The third-order valence-corrected chi connectivity index (χ3v) is 5.88. The van der Waals surface area contributed by atoms with Gasteiger partial charge in [0, 0.05) is 32.3 Å². The summed E-state index contributed by atoms with van der Waals surface area (Å²) in [4.78, 5) is 25.4. The number of nitrogens with zero attached hydrogens (tertiary/aromatic N) is 2. The predicted octanol–water partition coefficient (Wildman–Crippen LogP) is 1.86. The molecule has 1 aliphatic carbocycles. The number of carbonyl (C=O) groups is 1. The molecule has 5 rings (SSSR count). The maximum atomic E-state index is 15.6. The number of hydrogen-bond acceptors (Lipinski definition) is 5. The molecule has 0 radical (unpaired) electrons. The summed E-state index contributed by atoms with van der Waals surface area (Å²) in [5.41, 5.74) is -2.23.